The number of benzene rings is 1. The van der Waals surface area contributed by atoms with Gasteiger partial charge in [-0.2, -0.15) is 5.10 Å². The Morgan fingerprint density at radius 1 is 1.28 bits per heavy atom. The average Bonchev–Trinajstić information content (AvgIpc) is 3.48. The maximum atomic E-state index is 11.9. The van der Waals surface area contributed by atoms with Gasteiger partial charge in [-0.15, -0.1) is 0 Å². The number of hydrogen-bond donors (Lipinski definition) is 2. The van der Waals surface area contributed by atoms with E-state index in [9.17, 15) is 4.79 Å². The lowest BCUT2D eigenvalue weighted by atomic mass is 10.2. The number of guanidine groups is 1. The van der Waals surface area contributed by atoms with Crippen LogP contribution in [0.3, 0.4) is 0 Å². The monoisotopic (exact) mass is 394 g/mol. The summed E-state index contributed by atoms with van der Waals surface area (Å²) in [4.78, 5) is 18.2. The van der Waals surface area contributed by atoms with Crippen LogP contribution >= 0.6 is 0 Å². The van der Waals surface area contributed by atoms with Crippen molar-refractivity contribution >= 4 is 11.9 Å². The molecular formula is C22H30N6O. The van der Waals surface area contributed by atoms with Gasteiger partial charge in [0, 0.05) is 38.3 Å². The number of carbonyl (C=O) groups excluding carboxylic acids is 1. The maximum absolute atomic E-state index is 11.9. The molecule has 1 aromatic carbocycles. The van der Waals surface area contributed by atoms with Gasteiger partial charge in [0.05, 0.1) is 17.9 Å². The standard InChI is InChI=1S/C22H30N6O/c1-3-21(29)27-13-12-16(15-27)25-22(23-2)24-14-19-18-10-7-11-20(18)28(26-19)17-8-5-4-6-9-17/h4-6,8-9,16H,3,7,10-15H2,1-2H3,(H2,23,24,25). The fourth-order valence-electron chi connectivity index (χ4n) is 4.32. The summed E-state index contributed by atoms with van der Waals surface area (Å²) in [6, 6.07) is 10.6. The van der Waals surface area contributed by atoms with Gasteiger partial charge in [0.2, 0.25) is 5.91 Å². The first-order valence-corrected chi connectivity index (χ1v) is 10.6. The van der Waals surface area contributed by atoms with Crippen LogP contribution in [0, 0.1) is 0 Å². The summed E-state index contributed by atoms with van der Waals surface area (Å²) < 4.78 is 2.10. The van der Waals surface area contributed by atoms with Crippen molar-refractivity contribution in [2.24, 2.45) is 4.99 Å². The Morgan fingerprint density at radius 3 is 2.86 bits per heavy atom. The number of aromatic nitrogens is 2. The highest BCUT2D eigenvalue weighted by Gasteiger charge is 2.26. The second-order valence-electron chi connectivity index (χ2n) is 7.72. The van der Waals surface area contributed by atoms with Crippen LogP contribution in [-0.2, 0) is 24.2 Å². The maximum Gasteiger partial charge on any atom is 0.222 e. The zero-order valence-electron chi connectivity index (χ0n) is 17.3. The van der Waals surface area contributed by atoms with Gasteiger partial charge in [-0.1, -0.05) is 25.1 Å². The van der Waals surface area contributed by atoms with Gasteiger partial charge in [-0.3, -0.25) is 9.79 Å². The summed E-state index contributed by atoms with van der Waals surface area (Å²) in [5, 5.41) is 11.8. The van der Waals surface area contributed by atoms with Crippen molar-refractivity contribution in [3.8, 4) is 5.69 Å². The van der Waals surface area contributed by atoms with E-state index in [0.29, 0.717) is 13.0 Å². The fraction of sp³-hybridized carbons (Fsp3) is 0.500. The van der Waals surface area contributed by atoms with E-state index in [2.05, 4.69) is 44.6 Å². The van der Waals surface area contributed by atoms with E-state index >= 15 is 0 Å². The SMILES string of the molecule is CCC(=O)N1CCC(NC(=NC)NCc2nn(-c3ccccc3)c3c2CCC3)C1. The van der Waals surface area contributed by atoms with Crippen molar-refractivity contribution in [1.82, 2.24) is 25.3 Å². The number of hydrogen-bond acceptors (Lipinski definition) is 3. The van der Waals surface area contributed by atoms with Gasteiger partial charge >= 0.3 is 0 Å². The molecule has 1 amide bonds. The number of likely N-dealkylation sites (tertiary alicyclic amines) is 1. The topological polar surface area (TPSA) is 74.6 Å². The molecule has 1 aliphatic carbocycles. The van der Waals surface area contributed by atoms with E-state index in [1.165, 1.54) is 17.7 Å². The predicted octanol–water partition coefficient (Wildman–Crippen LogP) is 2.04. The molecule has 29 heavy (non-hydrogen) atoms. The number of para-hydroxylation sites is 1. The molecule has 1 saturated heterocycles. The van der Waals surface area contributed by atoms with Crippen molar-refractivity contribution in [3.63, 3.8) is 0 Å². The minimum atomic E-state index is 0.222. The molecule has 2 heterocycles. The van der Waals surface area contributed by atoms with Crippen LogP contribution in [0.15, 0.2) is 35.3 Å². The van der Waals surface area contributed by atoms with E-state index in [0.717, 1.165) is 49.7 Å². The highest BCUT2D eigenvalue weighted by Crippen LogP contribution is 2.27. The lowest BCUT2D eigenvalue weighted by Crippen LogP contribution is -2.44. The first-order chi connectivity index (χ1) is 14.2. The molecule has 0 radical (unpaired) electrons. The fourth-order valence-corrected chi connectivity index (χ4v) is 4.32. The Bertz CT molecular complexity index is 888. The van der Waals surface area contributed by atoms with Crippen LogP contribution in [0.1, 0.15) is 43.1 Å². The van der Waals surface area contributed by atoms with Gasteiger partial charge in [0.1, 0.15) is 0 Å². The van der Waals surface area contributed by atoms with Crippen LogP contribution in [0.2, 0.25) is 0 Å². The first kappa shape index (κ1) is 19.5. The van der Waals surface area contributed by atoms with Crippen molar-refractivity contribution in [1.29, 1.82) is 0 Å². The van der Waals surface area contributed by atoms with Crippen LogP contribution in [0.25, 0.3) is 5.69 Å². The number of fused-ring (bicyclic) bond motifs is 1. The lowest BCUT2D eigenvalue weighted by Gasteiger charge is -2.18. The Balaban J connectivity index is 1.40. The number of carbonyl (C=O) groups is 1. The largest absolute Gasteiger partial charge is 0.352 e. The van der Waals surface area contributed by atoms with Crippen LogP contribution < -0.4 is 10.6 Å². The molecule has 2 aromatic rings. The minimum absolute atomic E-state index is 0.222. The number of amides is 1. The minimum Gasteiger partial charge on any atom is -0.352 e. The quantitative estimate of drug-likeness (QED) is 0.601. The highest BCUT2D eigenvalue weighted by atomic mass is 16.2. The van der Waals surface area contributed by atoms with E-state index < -0.39 is 0 Å². The summed E-state index contributed by atoms with van der Waals surface area (Å²) >= 11 is 0. The highest BCUT2D eigenvalue weighted by molar-refractivity contribution is 5.80. The molecule has 1 atom stereocenters. The van der Waals surface area contributed by atoms with Gasteiger partial charge in [0.25, 0.3) is 0 Å². The third kappa shape index (κ3) is 4.13. The molecule has 0 saturated carbocycles. The van der Waals surface area contributed by atoms with Gasteiger partial charge in [-0.25, -0.2) is 4.68 Å². The van der Waals surface area contributed by atoms with Crippen molar-refractivity contribution in [2.45, 2.75) is 51.6 Å². The molecule has 1 aliphatic heterocycles. The van der Waals surface area contributed by atoms with E-state index in [1.807, 2.05) is 17.9 Å². The second kappa shape index (κ2) is 8.68. The van der Waals surface area contributed by atoms with E-state index in [1.54, 1.807) is 7.05 Å². The predicted molar refractivity (Wildman–Crippen MR) is 114 cm³/mol. The zero-order valence-corrected chi connectivity index (χ0v) is 17.3. The summed E-state index contributed by atoms with van der Waals surface area (Å²) in [5.41, 5.74) is 4.92. The molecule has 1 unspecified atom stereocenters. The van der Waals surface area contributed by atoms with Gasteiger partial charge in [-0.05, 0) is 43.4 Å². The summed E-state index contributed by atoms with van der Waals surface area (Å²) in [5.74, 6) is 0.987. The summed E-state index contributed by atoms with van der Waals surface area (Å²) in [6.07, 6.45) is 4.86. The van der Waals surface area contributed by atoms with Gasteiger partial charge in [0.15, 0.2) is 5.96 Å². The normalized spacial score (nSPS) is 18.8. The Labute approximate surface area is 172 Å². The Morgan fingerprint density at radius 2 is 2.10 bits per heavy atom. The molecule has 0 spiro atoms. The third-order valence-electron chi connectivity index (χ3n) is 5.85. The molecule has 0 bridgehead atoms. The van der Waals surface area contributed by atoms with Crippen molar-refractivity contribution in [3.05, 3.63) is 47.3 Å². The smallest absolute Gasteiger partial charge is 0.222 e. The zero-order chi connectivity index (χ0) is 20.2. The molecule has 4 rings (SSSR count). The molecule has 7 heteroatoms. The molecule has 1 aromatic heterocycles. The second-order valence-corrected chi connectivity index (χ2v) is 7.72. The van der Waals surface area contributed by atoms with Crippen LogP contribution in [-0.4, -0.2) is 52.7 Å². The summed E-state index contributed by atoms with van der Waals surface area (Å²) in [7, 11) is 1.78. The van der Waals surface area contributed by atoms with Crippen molar-refractivity contribution in [2.75, 3.05) is 20.1 Å². The van der Waals surface area contributed by atoms with E-state index in [-0.39, 0.29) is 11.9 Å². The molecule has 2 N–H and O–H groups in total. The average molecular weight is 395 g/mol. The third-order valence-corrected chi connectivity index (χ3v) is 5.85. The van der Waals surface area contributed by atoms with Gasteiger partial charge < -0.3 is 15.5 Å². The van der Waals surface area contributed by atoms with E-state index in [4.69, 9.17) is 5.10 Å². The molecular weight excluding hydrogens is 364 g/mol. The molecule has 7 nitrogen and oxygen atoms in total. The number of aliphatic imine (C=N–C) groups is 1. The lowest BCUT2D eigenvalue weighted by molar-refractivity contribution is -0.129. The number of rotatable bonds is 5. The Hall–Kier alpha value is -2.83. The number of nitrogens with zero attached hydrogens (tertiary/aromatic N) is 4. The number of nitrogens with one attached hydrogen (secondary N) is 2. The first-order valence-electron chi connectivity index (χ1n) is 10.6. The summed E-state index contributed by atoms with van der Waals surface area (Å²) in [6.45, 7) is 4.12. The molecule has 154 valence electrons. The van der Waals surface area contributed by atoms with Crippen LogP contribution in [0.4, 0.5) is 0 Å². The molecule has 2 aliphatic rings. The van der Waals surface area contributed by atoms with Crippen LogP contribution in [0.5, 0.6) is 0 Å². The Kier molecular flexibility index (Phi) is 5.83. The van der Waals surface area contributed by atoms with Crippen molar-refractivity contribution < 1.29 is 4.79 Å². The molecule has 1 fully saturated rings.